The van der Waals surface area contributed by atoms with E-state index in [-0.39, 0.29) is 11.9 Å². The zero-order chi connectivity index (χ0) is 15.2. The Morgan fingerprint density at radius 2 is 2.14 bits per heavy atom. The van der Waals surface area contributed by atoms with Gasteiger partial charge >= 0.3 is 0 Å². The van der Waals surface area contributed by atoms with Gasteiger partial charge in [-0.1, -0.05) is 31.4 Å². The minimum absolute atomic E-state index is 0.139. The average molecular weight is 311 g/mol. The summed E-state index contributed by atoms with van der Waals surface area (Å²) in [7, 11) is 0. The Morgan fingerprint density at radius 3 is 2.71 bits per heavy atom. The van der Waals surface area contributed by atoms with Gasteiger partial charge < -0.3 is 10.6 Å². The molecule has 0 bridgehead atoms. The second-order valence-electron chi connectivity index (χ2n) is 5.41. The van der Waals surface area contributed by atoms with E-state index >= 15 is 0 Å². The maximum Gasteiger partial charge on any atom is 0.234 e. The van der Waals surface area contributed by atoms with Gasteiger partial charge in [0.05, 0.1) is 16.8 Å². The summed E-state index contributed by atoms with van der Waals surface area (Å²) in [6.07, 6.45) is 6.37. The molecule has 0 radical (unpaired) electrons. The third-order valence-electron chi connectivity index (χ3n) is 4.01. The van der Waals surface area contributed by atoms with Gasteiger partial charge in [-0.25, -0.2) is 0 Å². The molecule has 1 fully saturated rings. The molecule has 1 amide bonds. The van der Waals surface area contributed by atoms with Crippen molar-refractivity contribution in [3.8, 4) is 0 Å². The standard InChI is InChI=1S/C15H23ClN4O/c1-2-3-4-14(15(17)21)20-9-7-19(8-10-20)13-5-6-18-11-12(13)16/h5-6,11,14H,2-4,7-10H2,1H3,(H2,17,21). The highest BCUT2D eigenvalue weighted by Gasteiger charge is 2.27. The molecule has 1 aliphatic rings. The van der Waals surface area contributed by atoms with Gasteiger partial charge in [0, 0.05) is 38.6 Å². The summed E-state index contributed by atoms with van der Waals surface area (Å²) >= 11 is 6.18. The Balaban J connectivity index is 1.96. The Bertz CT molecular complexity index is 474. The number of unbranched alkanes of at least 4 members (excludes halogenated alkanes) is 1. The van der Waals surface area contributed by atoms with Crippen LogP contribution in [0.15, 0.2) is 18.5 Å². The third kappa shape index (κ3) is 4.08. The fourth-order valence-electron chi connectivity index (χ4n) is 2.80. The quantitative estimate of drug-likeness (QED) is 0.871. The number of rotatable bonds is 6. The Morgan fingerprint density at radius 1 is 1.43 bits per heavy atom. The van der Waals surface area contributed by atoms with Crippen LogP contribution in [-0.4, -0.2) is 48.0 Å². The first-order chi connectivity index (χ1) is 10.1. The summed E-state index contributed by atoms with van der Waals surface area (Å²) in [6.45, 7) is 5.48. The topological polar surface area (TPSA) is 62.5 Å². The van der Waals surface area contributed by atoms with Crippen LogP contribution in [0.25, 0.3) is 0 Å². The minimum atomic E-state index is -0.209. The lowest BCUT2D eigenvalue weighted by atomic mass is 10.1. The molecule has 0 aromatic carbocycles. The first kappa shape index (κ1) is 16.0. The van der Waals surface area contributed by atoms with Crippen molar-refractivity contribution in [1.82, 2.24) is 9.88 Å². The molecule has 5 nitrogen and oxygen atoms in total. The van der Waals surface area contributed by atoms with E-state index in [0.717, 1.165) is 51.1 Å². The number of carbonyl (C=O) groups is 1. The highest BCUT2D eigenvalue weighted by molar-refractivity contribution is 6.33. The predicted molar refractivity (Wildman–Crippen MR) is 85.5 cm³/mol. The molecule has 21 heavy (non-hydrogen) atoms. The highest BCUT2D eigenvalue weighted by atomic mass is 35.5. The van der Waals surface area contributed by atoms with Crippen LogP contribution in [0.3, 0.4) is 0 Å². The number of pyridine rings is 1. The lowest BCUT2D eigenvalue weighted by Crippen LogP contribution is -2.54. The smallest absolute Gasteiger partial charge is 0.234 e. The van der Waals surface area contributed by atoms with Crippen molar-refractivity contribution < 1.29 is 4.79 Å². The van der Waals surface area contributed by atoms with Crippen molar-refractivity contribution >= 4 is 23.2 Å². The van der Waals surface area contributed by atoms with Crippen molar-refractivity contribution in [3.05, 3.63) is 23.5 Å². The van der Waals surface area contributed by atoms with Gasteiger partial charge in [0.25, 0.3) is 0 Å². The van der Waals surface area contributed by atoms with E-state index in [1.165, 1.54) is 0 Å². The van der Waals surface area contributed by atoms with E-state index < -0.39 is 0 Å². The monoisotopic (exact) mass is 310 g/mol. The summed E-state index contributed by atoms with van der Waals surface area (Å²) in [4.78, 5) is 20.1. The first-order valence-corrected chi connectivity index (χ1v) is 7.89. The van der Waals surface area contributed by atoms with Gasteiger partial charge in [-0.3, -0.25) is 14.7 Å². The highest BCUT2D eigenvalue weighted by Crippen LogP contribution is 2.25. The second-order valence-corrected chi connectivity index (χ2v) is 5.82. The lowest BCUT2D eigenvalue weighted by molar-refractivity contribution is -0.123. The first-order valence-electron chi connectivity index (χ1n) is 7.51. The zero-order valence-corrected chi connectivity index (χ0v) is 13.2. The van der Waals surface area contributed by atoms with Crippen LogP contribution >= 0.6 is 11.6 Å². The Kier molecular flexibility index (Phi) is 5.82. The number of anilines is 1. The largest absolute Gasteiger partial charge is 0.368 e. The molecule has 1 unspecified atom stereocenters. The van der Waals surface area contributed by atoms with Crippen LogP contribution < -0.4 is 10.6 Å². The van der Waals surface area contributed by atoms with Crippen LogP contribution in [0, 0.1) is 0 Å². The van der Waals surface area contributed by atoms with Crippen LogP contribution in [-0.2, 0) is 4.79 Å². The van der Waals surface area contributed by atoms with E-state index in [9.17, 15) is 4.79 Å². The molecule has 2 heterocycles. The zero-order valence-electron chi connectivity index (χ0n) is 12.5. The number of piperazine rings is 1. The number of aromatic nitrogens is 1. The van der Waals surface area contributed by atoms with Gasteiger partial charge in [0.2, 0.25) is 5.91 Å². The molecule has 6 heteroatoms. The summed E-state index contributed by atoms with van der Waals surface area (Å²) in [5.41, 5.74) is 6.56. The van der Waals surface area contributed by atoms with Gasteiger partial charge in [-0.15, -0.1) is 0 Å². The molecule has 1 saturated heterocycles. The minimum Gasteiger partial charge on any atom is -0.368 e. The van der Waals surface area contributed by atoms with Crippen LogP contribution in [0.1, 0.15) is 26.2 Å². The molecule has 1 aromatic heterocycles. The number of amides is 1. The van der Waals surface area contributed by atoms with E-state index in [2.05, 4.69) is 21.7 Å². The van der Waals surface area contributed by atoms with Crippen molar-refractivity contribution in [1.29, 1.82) is 0 Å². The molecule has 1 atom stereocenters. The summed E-state index contributed by atoms with van der Waals surface area (Å²) in [5.74, 6) is -0.209. The Labute approximate surface area is 131 Å². The maximum atomic E-state index is 11.6. The fraction of sp³-hybridized carbons (Fsp3) is 0.600. The summed E-state index contributed by atoms with van der Waals surface area (Å²) < 4.78 is 0. The fourth-order valence-corrected chi connectivity index (χ4v) is 3.04. The second kappa shape index (κ2) is 7.61. The molecule has 2 N–H and O–H groups in total. The normalized spacial score (nSPS) is 17.7. The molecule has 2 rings (SSSR count). The maximum absolute atomic E-state index is 11.6. The van der Waals surface area contributed by atoms with E-state index in [1.54, 1.807) is 12.4 Å². The Hall–Kier alpha value is -1.33. The SMILES string of the molecule is CCCCC(C(N)=O)N1CCN(c2ccncc2Cl)CC1. The molecular formula is C15H23ClN4O. The number of hydrogen-bond acceptors (Lipinski definition) is 4. The van der Waals surface area contributed by atoms with E-state index in [0.29, 0.717) is 5.02 Å². The summed E-state index contributed by atoms with van der Waals surface area (Å²) in [5, 5.41) is 0.670. The number of primary amides is 1. The molecule has 1 aromatic rings. The number of halogens is 1. The number of nitrogens with two attached hydrogens (primary N) is 1. The molecule has 0 spiro atoms. The molecule has 0 aliphatic carbocycles. The van der Waals surface area contributed by atoms with Crippen molar-refractivity contribution in [2.24, 2.45) is 5.73 Å². The summed E-state index contributed by atoms with van der Waals surface area (Å²) in [6, 6.07) is 1.79. The molecular weight excluding hydrogens is 288 g/mol. The van der Waals surface area contributed by atoms with Crippen molar-refractivity contribution in [2.75, 3.05) is 31.1 Å². The predicted octanol–water partition coefficient (Wildman–Crippen LogP) is 1.90. The van der Waals surface area contributed by atoms with Gasteiger partial charge in [0.1, 0.15) is 0 Å². The number of carbonyl (C=O) groups excluding carboxylic acids is 1. The van der Waals surface area contributed by atoms with Crippen LogP contribution in [0.4, 0.5) is 5.69 Å². The van der Waals surface area contributed by atoms with E-state index in [4.69, 9.17) is 17.3 Å². The lowest BCUT2D eigenvalue weighted by Gasteiger charge is -2.39. The van der Waals surface area contributed by atoms with Crippen molar-refractivity contribution in [3.63, 3.8) is 0 Å². The molecule has 1 aliphatic heterocycles. The molecule has 116 valence electrons. The number of nitrogens with zero attached hydrogens (tertiary/aromatic N) is 3. The van der Waals surface area contributed by atoms with Crippen LogP contribution in [0.2, 0.25) is 5.02 Å². The van der Waals surface area contributed by atoms with Crippen molar-refractivity contribution in [2.45, 2.75) is 32.2 Å². The van der Waals surface area contributed by atoms with E-state index in [1.807, 2.05) is 6.07 Å². The molecule has 0 saturated carbocycles. The van der Waals surface area contributed by atoms with Gasteiger partial charge in [0.15, 0.2) is 0 Å². The van der Waals surface area contributed by atoms with Gasteiger partial charge in [-0.05, 0) is 12.5 Å². The average Bonchev–Trinajstić information content (AvgIpc) is 2.49. The number of hydrogen-bond donors (Lipinski definition) is 1. The third-order valence-corrected chi connectivity index (χ3v) is 4.30. The van der Waals surface area contributed by atoms with Crippen LogP contribution in [0.5, 0.6) is 0 Å². The van der Waals surface area contributed by atoms with Gasteiger partial charge in [-0.2, -0.15) is 0 Å².